The molecule has 0 aliphatic rings. The van der Waals surface area contributed by atoms with Gasteiger partial charge in [-0.3, -0.25) is 0 Å². The van der Waals surface area contributed by atoms with Gasteiger partial charge in [-0.15, -0.1) is 0 Å². The van der Waals surface area contributed by atoms with Crippen molar-refractivity contribution in [2.24, 2.45) is 0 Å². The Balaban J connectivity index is 2.75. The summed E-state index contributed by atoms with van der Waals surface area (Å²) in [6, 6.07) is 9.67. The predicted molar refractivity (Wildman–Crippen MR) is 73.4 cm³/mol. The van der Waals surface area contributed by atoms with E-state index in [1.165, 1.54) is 0 Å². The Bertz CT molecular complexity index is 410. The van der Waals surface area contributed by atoms with Crippen LogP contribution < -0.4 is 5.32 Å². The number of carboxylic acids is 1. The lowest BCUT2D eigenvalue weighted by atomic mass is 10.0. The van der Waals surface area contributed by atoms with Crippen LogP contribution >= 0.6 is 0 Å². The second kappa shape index (κ2) is 7.54. The van der Waals surface area contributed by atoms with Gasteiger partial charge in [0.2, 0.25) is 0 Å². The molecule has 3 heteroatoms. The molecule has 98 valence electrons. The average Bonchev–Trinajstić information content (AvgIpc) is 2.37. The number of rotatable bonds is 7. The van der Waals surface area contributed by atoms with Gasteiger partial charge in [0.1, 0.15) is 0 Å². The molecule has 0 spiro atoms. The van der Waals surface area contributed by atoms with Crippen LogP contribution in [0.1, 0.15) is 32.3 Å². The second-order valence-corrected chi connectivity index (χ2v) is 4.35. The molecule has 0 atom stereocenters. The van der Waals surface area contributed by atoms with E-state index in [-0.39, 0.29) is 0 Å². The molecule has 0 amide bonds. The lowest BCUT2D eigenvalue weighted by molar-refractivity contribution is -0.132. The Labute approximate surface area is 109 Å². The minimum absolute atomic E-state index is 0.442. The monoisotopic (exact) mass is 247 g/mol. The van der Waals surface area contributed by atoms with E-state index >= 15 is 0 Å². The zero-order chi connectivity index (χ0) is 13.4. The maximum Gasteiger partial charge on any atom is 0.333 e. The molecular weight excluding hydrogens is 226 g/mol. The highest BCUT2D eigenvalue weighted by Gasteiger charge is 2.12. The highest BCUT2D eigenvalue weighted by atomic mass is 16.4. The number of hydrogen-bond acceptors (Lipinski definition) is 2. The van der Waals surface area contributed by atoms with Crippen LogP contribution in [0.25, 0.3) is 0 Å². The minimum Gasteiger partial charge on any atom is -0.478 e. The van der Waals surface area contributed by atoms with Gasteiger partial charge < -0.3 is 10.4 Å². The molecule has 0 bridgehead atoms. The van der Waals surface area contributed by atoms with E-state index in [1.807, 2.05) is 37.3 Å². The van der Waals surface area contributed by atoms with Crippen molar-refractivity contribution in [2.45, 2.75) is 33.1 Å². The van der Waals surface area contributed by atoms with Crippen LogP contribution in [0.3, 0.4) is 0 Å². The number of allylic oxidation sites excluding steroid dienone is 1. The average molecular weight is 247 g/mol. The van der Waals surface area contributed by atoms with Crippen LogP contribution in [-0.4, -0.2) is 17.6 Å². The molecule has 0 saturated heterocycles. The minimum atomic E-state index is -0.847. The van der Waals surface area contributed by atoms with E-state index in [0.717, 1.165) is 30.6 Å². The van der Waals surface area contributed by atoms with Crippen molar-refractivity contribution < 1.29 is 9.90 Å². The van der Waals surface area contributed by atoms with Crippen molar-refractivity contribution in [1.29, 1.82) is 0 Å². The Hall–Kier alpha value is -1.77. The normalized spacial score (nSPS) is 11.9. The van der Waals surface area contributed by atoms with Crippen LogP contribution in [0.4, 0.5) is 0 Å². The molecule has 1 rings (SSSR count). The van der Waals surface area contributed by atoms with Crippen molar-refractivity contribution in [3.8, 4) is 0 Å². The highest BCUT2D eigenvalue weighted by Crippen LogP contribution is 2.11. The third-order valence-electron chi connectivity index (χ3n) is 2.86. The Morgan fingerprint density at radius 1 is 1.28 bits per heavy atom. The SMILES string of the molecule is CCCCNC(C)=C(Cc1ccccc1)C(=O)O. The molecule has 3 nitrogen and oxygen atoms in total. The molecule has 0 fully saturated rings. The fourth-order valence-electron chi connectivity index (χ4n) is 1.73. The molecule has 1 aromatic carbocycles. The van der Waals surface area contributed by atoms with Gasteiger partial charge in [-0.2, -0.15) is 0 Å². The molecule has 0 radical (unpaired) electrons. The summed E-state index contributed by atoms with van der Waals surface area (Å²) in [5.74, 6) is -0.847. The summed E-state index contributed by atoms with van der Waals surface area (Å²) in [6.07, 6.45) is 2.61. The quantitative estimate of drug-likeness (QED) is 0.575. The van der Waals surface area contributed by atoms with Crippen molar-refractivity contribution >= 4 is 5.97 Å². The number of aliphatic carboxylic acids is 1. The van der Waals surface area contributed by atoms with Crippen molar-refractivity contribution in [1.82, 2.24) is 5.32 Å². The summed E-state index contributed by atoms with van der Waals surface area (Å²) in [5.41, 5.74) is 2.23. The Morgan fingerprint density at radius 2 is 1.94 bits per heavy atom. The lowest BCUT2D eigenvalue weighted by Crippen LogP contribution is -2.18. The first kappa shape index (κ1) is 14.3. The van der Waals surface area contributed by atoms with Crippen molar-refractivity contribution in [2.75, 3.05) is 6.54 Å². The maximum atomic E-state index is 11.3. The lowest BCUT2D eigenvalue weighted by Gasteiger charge is -2.11. The van der Waals surface area contributed by atoms with Gasteiger partial charge in [0.05, 0.1) is 5.57 Å². The first-order chi connectivity index (χ1) is 8.65. The third kappa shape index (κ3) is 4.62. The van der Waals surface area contributed by atoms with Gasteiger partial charge in [-0.1, -0.05) is 43.7 Å². The van der Waals surface area contributed by atoms with E-state index in [9.17, 15) is 9.90 Å². The number of nitrogens with one attached hydrogen (secondary N) is 1. The second-order valence-electron chi connectivity index (χ2n) is 4.35. The molecule has 0 saturated carbocycles. The number of carboxylic acid groups (broad SMARTS) is 1. The highest BCUT2D eigenvalue weighted by molar-refractivity contribution is 5.87. The standard InChI is InChI=1S/C15H21NO2/c1-3-4-10-16-12(2)14(15(17)18)11-13-8-6-5-7-9-13/h5-9,16H,3-4,10-11H2,1-2H3,(H,17,18). The zero-order valence-corrected chi connectivity index (χ0v) is 11.1. The van der Waals surface area contributed by atoms with Crippen LogP contribution in [-0.2, 0) is 11.2 Å². The summed E-state index contributed by atoms with van der Waals surface area (Å²) in [6.45, 7) is 4.78. The number of hydrogen-bond donors (Lipinski definition) is 2. The van der Waals surface area contributed by atoms with Gasteiger partial charge in [0.25, 0.3) is 0 Å². The first-order valence-electron chi connectivity index (χ1n) is 6.36. The fourth-order valence-corrected chi connectivity index (χ4v) is 1.73. The molecule has 2 N–H and O–H groups in total. The summed E-state index contributed by atoms with van der Waals surface area (Å²) in [5, 5.41) is 12.4. The molecule has 18 heavy (non-hydrogen) atoms. The van der Waals surface area contributed by atoms with E-state index in [0.29, 0.717) is 12.0 Å². The summed E-state index contributed by atoms with van der Waals surface area (Å²) >= 11 is 0. The molecule has 0 unspecified atom stereocenters. The van der Waals surface area contributed by atoms with E-state index < -0.39 is 5.97 Å². The van der Waals surface area contributed by atoms with Crippen molar-refractivity contribution in [3.05, 3.63) is 47.2 Å². The van der Waals surface area contributed by atoms with E-state index in [2.05, 4.69) is 12.2 Å². The third-order valence-corrected chi connectivity index (χ3v) is 2.86. The number of carbonyl (C=O) groups is 1. The largest absolute Gasteiger partial charge is 0.478 e. The van der Waals surface area contributed by atoms with Gasteiger partial charge in [0.15, 0.2) is 0 Å². The first-order valence-corrected chi connectivity index (χ1v) is 6.36. The number of unbranched alkanes of at least 4 members (excludes halogenated alkanes) is 1. The van der Waals surface area contributed by atoms with Crippen LogP contribution in [0.5, 0.6) is 0 Å². The summed E-state index contributed by atoms with van der Waals surface area (Å²) in [7, 11) is 0. The zero-order valence-electron chi connectivity index (χ0n) is 11.1. The molecule has 1 aromatic rings. The molecule has 0 aliphatic carbocycles. The maximum absolute atomic E-state index is 11.3. The molecular formula is C15H21NO2. The molecule has 0 aliphatic heterocycles. The van der Waals surface area contributed by atoms with E-state index in [4.69, 9.17) is 0 Å². The fraction of sp³-hybridized carbons (Fsp3) is 0.400. The Kier molecular flexibility index (Phi) is 5.98. The van der Waals surface area contributed by atoms with Gasteiger partial charge in [-0.05, 0) is 18.9 Å². The molecule has 0 heterocycles. The number of benzene rings is 1. The van der Waals surface area contributed by atoms with Crippen LogP contribution in [0.2, 0.25) is 0 Å². The predicted octanol–water partition coefficient (Wildman–Crippen LogP) is 2.98. The summed E-state index contributed by atoms with van der Waals surface area (Å²) in [4.78, 5) is 11.3. The Morgan fingerprint density at radius 3 is 2.50 bits per heavy atom. The van der Waals surface area contributed by atoms with Crippen LogP contribution in [0, 0.1) is 0 Å². The smallest absolute Gasteiger partial charge is 0.333 e. The summed E-state index contributed by atoms with van der Waals surface area (Å²) < 4.78 is 0. The topological polar surface area (TPSA) is 49.3 Å². The van der Waals surface area contributed by atoms with Gasteiger partial charge in [-0.25, -0.2) is 4.79 Å². The van der Waals surface area contributed by atoms with Gasteiger partial charge >= 0.3 is 5.97 Å². The van der Waals surface area contributed by atoms with Gasteiger partial charge in [0, 0.05) is 18.7 Å². The molecule has 0 aromatic heterocycles. The van der Waals surface area contributed by atoms with E-state index in [1.54, 1.807) is 0 Å². The van der Waals surface area contributed by atoms with Crippen LogP contribution in [0.15, 0.2) is 41.6 Å². The van der Waals surface area contributed by atoms with Crippen molar-refractivity contribution in [3.63, 3.8) is 0 Å².